The van der Waals surface area contributed by atoms with E-state index in [-0.39, 0.29) is 10.6 Å². The van der Waals surface area contributed by atoms with Gasteiger partial charge in [0.1, 0.15) is 17.3 Å². The van der Waals surface area contributed by atoms with Gasteiger partial charge in [0, 0.05) is 10.6 Å². The van der Waals surface area contributed by atoms with Gasteiger partial charge in [-0.3, -0.25) is 4.57 Å². The first-order valence-corrected chi connectivity index (χ1v) is 12.7. The Bertz CT molecular complexity index is 1550. The number of nitriles is 1. The van der Waals surface area contributed by atoms with Crippen molar-refractivity contribution in [1.82, 2.24) is 0 Å². The minimum Gasteiger partial charge on any atom is -0.324 e. The SMILES string of the molecule is Cc1ccc(-c2ccc(C)cc2P(=O)(Nc2c(F)c(F)c(C#N)c(F)c2F)c2cccc(C)c2)cc1. The molecule has 0 saturated heterocycles. The molecule has 4 rings (SSSR count). The highest BCUT2D eigenvalue weighted by Gasteiger charge is 2.35. The molecule has 0 heterocycles. The molecule has 0 radical (unpaired) electrons. The highest BCUT2D eigenvalue weighted by Crippen LogP contribution is 2.48. The number of hydrogen-bond donors (Lipinski definition) is 1. The summed E-state index contributed by atoms with van der Waals surface area (Å²) in [7, 11) is -4.18. The van der Waals surface area contributed by atoms with Gasteiger partial charge in [-0.1, -0.05) is 65.2 Å². The Labute approximate surface area is 206 Å². The predicted octanol–water partition coefficient (Wildman–Crippen LogP) is 7.05. The summed E-state index contributed by atoms with van der Waals surface area (Å²) in [5.41, 5.74) is 1.02. The Hall–Kier alpha value is -3.88. The largest absolute Gasteiger partial charge is 0.324 e. The topological polar surface area (TPSA) is 52.9 Å². The number of nitrogens with zero attached hydrogens (tertiary/aromatic N) is 1. The van der Waals surface area contributed by atoms with Crippen LogP contribution in [0.1, 0.15) is 22.3 Å². The number of rotatable bonds is 5. The van der Waals surface area contributed by atoms with Crippen molar-refractivity contribution in [2.24, 2.45) is 0 Å². The lowest BCUT2D eigenvalue weighted by atomic mass is 10.0. The first-order chi connectivity index (χ1) is 17.1. The number of aryl methyl sites for hydroxylation is 3. The molecule has 1 atom stereocenters. The Balaban J connectivity index is 2.05. The normalized spacial score (nSPS) is 12.6. The van der Waals surface area contributed by atoms with Gasteiger partial charge < -0.3 is 5.09 Å². The second-order valence-corrected chi connectivity index (χ2v) is 11.0. The summed E-state index contributed by atoms with van der Waals surface area (Å²) in [6.45, 7) is 5.44. The minimum atomic E-state index is -4.18. The van der Waals surface area contributed by atoms with Crippen LogP contribution in [-0.4, -0.2) is 0 Å². The molecule has 36 heavy (non-hydrogen) atoms. The zero-order valence-electron chi connectivity index (χ0n) is 19.7. The molecule has 0 aliphatic rings. The van der Waals surface area contributed by atoms with Crippen molar-refractivity contribution >= 4 is 23.6 Å². The van der Waals surface area contributed by atoms with E-state index in [0.717, 1.165) is 17.2 Å². The molecule has 0 saturated carbocycles. The number of nitrogens with one attached hydrogen (secondary N) is 1. The van der Waals surface area contributed by atoms with E-state index in [4.69, 9.17) is 5.26 Å². The van der Waals surface area contributed by atoms with Crippen LogP contribution in [0.2, 0.25) is 0 Å². The van der Waals surface area contributed by atoms with Crippen LogP contribution >= 0.6 is 7.29 Å². The lowest BCUT2D eigenvalue weighted by Crippen LogP contribution is -2.25. The summed E-state index contributed by atoms with van der Waals surface area (Å²) in [4.78, 5) is 0. The van der Waals surface area contributed by atoms with Crippen molar-refractivity contribution in [3.63, 3.8) is 0 Å². The molecule has 4 aromatic carbocycles. The van der Waals surface area contributed by atoms with Crippen molar-refractivity contribution in [2.45, 2.75) is 20.8 Å². The van der Waals surface area contributed by atoms with E-state index in [9.17, 15) is 22.1 Å². The molecule has 0 aliphatic carbocycles. The molecule has 0 fully saturated rings. The minimum absolute atomic E-state index is 0.186. The van der Waals surface area contributed by atoms with Crippen LogP contribution in [0.5, 0.6) is 0 Å². The first-order valence-electron chi connectivity index (χ1n) is 11.0. The lowest BCUT2D eigenvalue weighted by molar-refractivity contribution is 0.455. The van der Waals surface area contributed by atoms with Gasteiger partial charge in [-0.05, 0) is 50.1 Å². The van der Waals surface area contributed by atoms with Gasteiger partial charge in [0.15, 0.2) is 23.3 Å². The number of hydrogen-bond acceptors (Lipinski definition) is 2. The van der Waals surface area contributed by atoms with Crippen molar-refractivity contribution in [2.75, 3.05) is 5.09 Å². The lowest BCUT2D eigenvalue weighted by Gasteiger charge is -2.26. The summed E-state index contributed by atoms with van der Waals surface area (Å²) in [6, 6.07) is 20.2. The van der Waals surface area contributed by atoms with Crippen molar-refractivity contribution in [3.05, 3.63) is 112 Å². The molecular weight excluding hydrogens is 487 g/mol. The molecule has 1 unspecified atom stereocenters. The summed E-state index contributed by atoms with van der Waals surface area (Å²) in [5, 5.41) is 11.7. The standard InChI is InChI=1S/C28H21F4N2OP/c1-16-7-10-19(11-8-16)21-12-9-18(3)14-23(21)36(35,20-6-4-5-17(2)13-20)34-28-26(31)24(29)22(15-33)25(30)27(28)32/h4-14H,1-3H3,(H,34,35). The third kappa shape index (κ3) is 4.41. The molecule has 1 N–H and O–H groups in total. The van der Waals surface area contributed by atoms with Crippen LogP contribution in [0.3, 0.4) is 0 Å². The summed E-state index contributed by atoms with van der Waals surface area (Å²) in [6.07, 6.45) is 0. The number of halogens is 4. The Morgan fingerprint density at radius 2 is 1.33 bits per heavy atom. The molecule has 0 amide bonds. The van der Waals surface area contributed by atoms with E-state index in [2.05, 4.69) is 5.09 Å². The van der Waals surface area contributed by atoms with Crippen LogP contribution < -0.4 is 15.7 Å². The second kappa shape index (κ2) is 9.64. The van der Waals surface area contributed by atoms with Crippen LogP contribution in [-0.2, 0) is 4.57 Å². The van der Waals surface area contributed by atoms with Gasteiger partial charge in [0.05, 0.1) is 0 Å². The summed E-state index contributed by atoms with van der Waals surface area (Å²) in [5.74, 6) is -7.39. The third-order valence-corrected chi connectivity index (χ3v) is 8.46. The van der Waals surface area contributed by atoms with Gasteiger partial charge in [0.2, 0.25) is 7.29 Å². The van der Waals surface area contributed by atoms with E-state index in [0.29, 0.717) is 16.7 Å². The van der Waals surface area contributed by atoms with E-state index in [1.165, 1.54) is 6.07 Å². The van der Waals surface area contributed by atoms with Crippen LogP contribution in [0, 0.1) is 55.4 Å². The third-order valence-electron chi connectivity index (χ3n) is 5.86. The van der Waals surface area contributed by atoms with E-state index >= 15 is 0 Å². The van der Waals surface area contributed by atoms with Gasteiger partial charge in [-0.25, -0.2) is 17.6 Å². The predicted molar refractivity (Wildman–Crippen MR) is 134 cm³/mol. The van der Waals surface area contributed by atoms with Gasteiger partial charge in [0.25, 0.3) is 0 Å². The highest BCUT2D eigenvalue weighted by atomic mass is 31.2. The fourth-order valence-electron chi connectivity index (χ4n) is 3.95. The number of anilines is 1. The van der Waals surface area contributed by atoms with E-state index in [1.807, 2.05) is 37.3 Å². The molecule has 0 aromatic heterocycles. The maximum atomic E-state index is 15.0. The molecule has 0 spiro atoms. The highest BCUT2D eigenvalue weighted by molar-refractivity contribution is 7.80. The zero-order valence-corrected chi connectivity index (χ0v) is 20.6. The number of benzene rings is 4. The van der Waals surface area contributed by atoms with Crippen molar-refractivity contribution in [3.8, 4) is 17.2 Å². The monoisotopic (exact) mass is 508 g/mol. The van der Waals surface area contributed by atoms with Gasteiger partial charge >= 0.3 is 0 Å². The van der Waals surface area contributed by atoms with Crippen molar-refractivity contribution < 1.29 is 22.1 Å². The molecule has 4 aromatic rings. The molecule has 8 heteroatoms. The summed E-state index contributed by atoms with van der Waals surface area (Å²) < 4.78 is 73.7. The fourth-order valence-corrected chi connectivity index (χ4v) is 6.60. The maximum Gasteiger partial charge on any atom is 0.227 e. The Morgan fingerprint density at radius 1 is 0.750 bits per heavy atom. The van der Waals surface area contributed by atoms with Crippen molar-refractivity contribution in [1.29, 1.82) is 5.26 Å². The average molecular weight is 508 g/mol. The molecule has 0 aliphatic heterocycles. The van der Waals surface area contributed by atoms with Gasteiger partial charge in [-0.2, -0.15) is 5.26 Å². The maximum absolute atomic E-state index is 15.0. The Kier molecular flexibility index (Phi) is 6.75. The Morgan fingerprint density at radius 3 is 1.92 bits per heavy atom. The van der Waals surface area contributed by atoms with E-state index in [1.54, 1.807) is 44.2 Å². The van der Waals surface area contributed by atoms with Crippen LogP contribution in [0.15, 0.2) is 66.7 Å². The first kappa shape index (κ1) is 25.2. The second-order valence-electron chi connectivity index (χ2n) is 8.56. The molecule has 182 valence electrons. The summed E-state index contributed by atoms with van der Waals surface area (Å²) >= 11 is 0. The fraction of sp³-hybridized carbons (Fsp3) is 0.107. The van der Waals surface area contributed by atoms with Crippen LogP contribution in [0.25, 0.3) is 11.1 Å². The van der Waals surface area contributed by atoms with Gasteiger partial charge in [-0.15, -0.1) is 0 Å². The molecule has 0 bridgehead atoms. The molecular formula is C28H21F4N2OP. The smallest absolute Gasteiger partial charge is 0.227 e. The quantitative estimate of drug-likeness (QED) is 0.179. The average Bonchev–Trinajstić information content (AvgIpc) is 2.86. The zero-order chi connectivity index (χ0) is 26.2. The van der Waals surface area contributed by atoms with Crippen LogP contribution in [0.4, 0.5) is 23.2 Å². The van der Waals surface area contributed by atoms with E-state index < -0.39 is 41.8 Å². The molecule has 3 nitrogen and oxygen atoms in total.